The van der Waals surface area contributed by atoms with Crippen molar-refractivity contribution in [2.24, 2.45) is 5.73 Å². The van der Waals surface area contributed by atoms with Crippen LogP contribution in [-0.4, -0.2) is 107 Å². The van der Waals surface area contributed by atoms with Crippen molar-refractivity contribution in [3.63, 3.8) is 0 Å². The number of imidazole rings is 1. The molecule has 0 aliphatic heterocycles. The lowest BCUT2D eigenvalue weighted by Crippen LogP contribution is -2.32. The first-order valence-corrected chi connectivity index (χ1v) is 18.7. The molecule has 0 saturated heterocycles. The minimum atomic E-state index is -4.16. The Hall–Kier alpha value is -3.45. The van der Waals surface area contributed by atoms with Crippen LogP contribution >= 0.6 is 7.60 Å². The fourth-order valence-electron chi connectivity index (χ4n) is 4.27. The lowest BCUT2D eigenvalue weighted by molar-refractivity contribution is -0.119. The second-order valence-corrected chi connectivity index (χ2v) is 15.4. The Kier molecular flexibility index (Phi) is 18.3. The summed E-state index contributed by atoms with van der Waals surface area (Å²) in [5.41, 5.74) is 5.49. The second-order valence-electron chi connectivity index (χ2n) is 13.4. The Morgan fingerprint density at radius 2 is 1.42 bits per heavy atom. The molecule has 0 saturated carbocycles. The van der Waals surface area contributed by atoms with Gasteiger partial charge in [0.05, 0.1) is 55.6 Å². The van der Waals surface area contributed by atoms with E-state index in [-0.39, 0.29) is 30.3 Å². The van der Waals surface area contributed by atoms with E-state index in [1.54, 1.807) is 39.2 Å². The van der Waals surface area contributed by atoms with E-state index in [1.165, 1.54) is 12.7 Å². The van der Waals surface area contributed by atoms with Crippen molar-refractivity contribution in [1.82, 2.24) is 19.5 Å². The van der Waals surface area contributed by atoms with Crippen LogP contribution in [0.5, 0.6) is 0 Å². The summed E-state index contributed by atoms with van der Waals surface area (Å²) in [4.78, 5) is 49.2. The molecule has 2 heterocycles. The molecule has 2 aromatic rings. The summed E-state index contributed by atoms with van der Waals surface area (Å²) in [6.45, 7) is 15.9. The van der Waals surface area contributed by atoms with Gasteiger partial charge in [0.1, 0.15) is 12.7 Å². The second kappa shape index (κ2) is 21.3. The van der Waals surface area contributed by atoms with Crippen LogP contribution in [0.25, 0.3) is 11.2 Å². The molecule has 0 aromatic carbocycles. The maximum Gasteiger partial charge on any atom is 0.510 e. The van der Waals surface area contributed by atoms with Gasteiger partial charge in [0.25, 0.3) is 0 Å². The molecule has 3 N–H and O–H groups in total. The minimum absolute atomic E-state index is 0.168. The van der Waals surface area contributed by atoms with Crippen LogP contribution in [0, 0.1) is 0 Å². The molecule has 2 aromatic heterocycles. The normalized spacial score (nSPS) is 13.0. The zero-order chi connectivity index (χ0) is 39.0. The predicted molar refractivity (Wildman–Crippen MR) is 187 cm³/mol. The summed E-state index contributed by atoms with van der Waals surface area (Å²) >= 11 is 0. The highest BCUT2D eigenvalue weighted by Gasteiger charge is 2.29. The van der Waals surface area contributed by atoms with E-state index in [0.717, 1.165) is 6.42 Å². The van der Waals surface area contributed by atoms with E-state index in [4.69, 9.17) is 47.9 Å². The summed E-state index contributed by atoms with van der Waals surface area (Å²) in [5, 5.41) is 2.80. The number of hydrogen-bond acceptors (Lipinski definition) is 17. The van der Waals surface area contributed by atoms with Gasteiger partial charge in [-0.15, -0.1) is 0 Å². The molecular formula is C32H55N6O13P. The predicted octanol–water partition coefficient (Wildman–Crippen LogP) is 5.11. The third kappa shape index (κ3) is 17.4. The number of hydrogen-bond donors (Lipinski definition) is 2. The molecule has 0 spiro atoms. The average Bonchev–Trinajstić information content (AvgIpc) is 3.44. The van der Waals surface area contributed by atoms with Gasteiger partial charge in [-0.25, -0.2) is 24.5 Å². The van der Waals surface area contributed by atoms with Crippen LogP contribution in [0.3, 0.4) is 0 Å². The smallest absolute Gasteiger partial charge is 0.432 e. The number of nitrogens with zero attached hydrogens (tertiary/aromatic N) is 4. The SMILES string of the molecule is CC(C)OC(=O)OCOP(=O)(CO[C@H](C)Cn1cnc2c(NC(=O)CCC(C)(C)OCCOC(C)(C)CCN)ncnc21)OCOC(=O)OC(C)C. The van der Waals surface area contributed by atoms with Gasteiger partial charge in [-0.2, -0.15) is 0 Å². The largest absolute Gasteiger partial charge is 0.510 e. The summed E-state index contributed by atoms with van der Waals surface area (Å²) < 4.78 is 62.3. The highest BCUT2D eigenvalue weighted by atomic mass is 31.2. The first-order chi connectivity index (χ1) is 24.3. The van der Waals surface area contributed by atoms with Crippen molar-refractivity contribution < 1.29 is 61.2 Å². The first-order valence-electron chi connectivity index (χ1n) is 16.9. The number of rotatable bonds is 24. The zero-order valence-corrected chi connectivity index (χ0v) is 32.5. The highest BCUT2D eigenvalue weighted by Crippen LogP contribution is 2.48. The molecule has 0 unspecified atom stereocenters. The fraction of sp³-hybridized carbons (Fsp3) is 0.750. The van der Waals surface area contributed by atoms with Gasteiger partial charge in [-0.05, 0) is 81.7 Å². The van der Waals surface area contributed by atoms with Crippen LogP contribution in [0.2, 0.25) is 0 Å². The summed E-state index contributed by atoms with van der Waals surface area (Å²) in [5.74, 6) is -0.0447. The van der Waals surface area contributed by atoms with E-state index in [9.17, 15) is 18.9 Å². The van der Waals surface area contributed by atoms with Crippen LogP contribution in [0.15, 0.2) is 12.7 Å². The summed E-state index contributed by atoms with van der Waals surface area (Å²) in [7, 11) is -4.16. The summed E-state index contributed by atoms with van der Waals surface area (Å²) in [6.07, 6.45) is -0.0842. The van der Waals surface area contributed by atoms with Crippen molar-refractivity contribution >= 4 is 42.8 Å². The van der Waals surface area contributed by atoms with Crippen LogP contribution in [0.1, 0.15) is 81.6 Å². The van der Waals surface area contributed by atoms with E-state index in [1.807, 2.05) is 27.7 Å². The zero-order valence-electron chi connectivity index (χ0n) is 31.6. The van der Waals surface area contributed by atoms with E-state index >= 15 is 0 Å². The van der Waals surface area contributed by atoms with Gasteiger partial charge in [0.15, 0.2) is 17.0 Å². The van der Waals surface area contributed by atoms with E-state index in [2.05, 4.69) is 20.3 Å². The standard InChI is InChI=1S/C32H55N6O13P/c1-22(2)50-29(40)43-19-48-52(42,49-20-44-30(41)51-23(3)4)21-45-24(5)16-38-18-36-26-27(34-17-35-28(26)38)37-25(39)10-11-31(6,7)46-14-15-47-32(8,9)12-13-33/h17-18,22-24H,10-16,19-21,33H2,1-9H3,(H,34,35,37,39)/t24-/m1/s1. The minimum Gasteiger partial charge on any atom is -0.432 e. The molecule has 0 aliphatic rings. The van der Waals surface area contributed by atoms with Gasteiger partial charge in [0.2, 0.25) is 19.5 Å². The van der Waals surface area contributed by atoms with Crippen LogP contribution < -0.4 is 11.1 Å². The molecule has 0 fully saturated rings. The molecule has 1 atom stereocenters. The van der Waals surface area contributed by atoms with Gasteiger partial charge in [-0.1, -0.05) is 0 Å². The number of fused-ring (bicyclic) bond motifs is 1. The number of carbonyl (C=O) groups excluding carboxylic acids is 3. The Labute approximate surface area is 304 Å². The molecule has 296 valence electrons. The number of amides is 1. The Balaban J connectivity index is 1.96. The van der Waals surface area contributed by atoms with Crippen LogP contribution in [0.4, 0.5) is 15.4 Å². The number of nitrogens with two attached hydrogens (primary N) is 1. The first kappa shape index (κ1) is 44.7. The monoisotopic (exact) mass is 762 g/mol. The van der Waals surface area contributed by atoms with Gasteiger partial charge in [-0.3, -0.25) is 18.4 Å². The number of carbonyl (C=O) groups is 3. The fourth-order valence-corrected chi connectivity index (χ4v) is 5.35. The highest BCUT2D eigenvalue weighted by molar-refractivity contribution is 7.53. The Morgan fingerprint density at radius 1 is 0.865 bits per heavy atom. The van der Waals surface area contributed by atoms with Crippen molar-refractivity contribution in [3.05, 3.63) is 12.7 Å². The molecule has 52 heavy (non-hydrogen) atoms. The average molecular weight is 763 g/mol. The number of anilines is 1. The number of ether oxygens (including phenoxy) is 7. The van der Waals surface area contributed by atoms with Gasteiger partial charge >= 0.3 is 19.9 Å². The third-order valence-electron chi connectivity index (χ3n) is 6.92. The lowest BCUT2D eigenvalue weighted by atomic mass is 10.0. The van der Waals surface area contributed by atoms with Crippen molar-refractivity contribution in [3.8, 4) is 0 Å². The molecule has 19 nitrogen and oxygen atoms in total. The lowest BCUT2D eigenvalue weighted by Gasteiger charge is -2.28. The maximum atomic E-state index is 13.4. The van der Waals surface area contributed by atoms with E-state index in [0.29, 0.717) is 37.3 Å². The maximum absolute atomic E-state index is 13.4. The van der Waals surface area contributed by atoms with Crippen molar-refractivity contribution in [2.75, 3.05) is 45.0 Å². The Bertz CT molecular complexity index is 1440. The molecule has 0 aliphatic carbocycles. The molecule has 0 radical (unpaired) electrons. The van der Waals surface area contributed by atoms with Crippen LogP contribution in [-0.2, 0) is 58.1 Å². The number of aromatic nitrogens is 4. The molecule has 0 bridgehead atoms. The Morgan fingerprint density at radius 3 is 1.96 bits per heavy atom. The topological polar surface area (TPSA) is 233 Å². The van der Waals surface area contributed by atoms with Gasteiger partial charge in [0, 0.05) is 6.42 Å². The molecule has 20 heteroatoms. The quantitative estimate of drug-likeness (QED) is 0.0612. The van der Waals surface area contributed by atoms with Gasteiger partial charge < -0.3 is 48.8 Å². The number of nitrogens with one attached hydrogen (secondary N) is 1. The molecule has 2 rings (SSSR count). The summed E-state index contributed by atoms with van der Waals surface area (Å²) in [6, 6.07) is 0. The molecule has 1 amide bonds. The van der Waals surface area contributed by atoms with E-state index < -0.39 is 63.8 Å². The van der Waals surface area contributed by atoms with Crippen molar-refractivity contribution in [2.45, 2.75) is 118 Å². The van der Waals surface area contributed by atoms with Crippen molar-refractivity contribution in [1.29, 1.82) is 0 Å². The molecular weight excluding hydrogens is 707 g/mol. The third-order valence-corrected chi connectivity index (χ3v) is 8.38.